The third kappa shape index (κ3) is 5.69. The van der Waals surface area contributed by atoms with Crippen LogP contribution >= 0.6 is 0 Å². The molecule has 1 saturated carbocycles. The fraction of sp³-hybridized carbons (Fsp3) is 0.538. The first-order valence-corrected chi connectivity index (χ1v) is 11.4. The van der Waals surface area contributed by atoms with Crippen molar-refractivity contribution in [2.45, 2.75) is 64.3 Å². The van der Waals surface area contributed by atoms with E-state index in [0.717, 1.165) is 23.6 Å². The summed E-state index contributed by atoms with van der Waals surface area (Å²) in [4.78, 5) is 19.1. The summed E-state index contributed by atoms with van der Waals surface area (Å²) < 4.78 is 29.1. The SMILES string of the molecule is Cc1cc(O)cc(C)c1C[C@@H](CNC(=O)C[C@H](c1cccnc1)C1(C(C)(F)F)CC1)N(C)C. The number of aromatic hydroxyl groups is 1. The van der Waals surface area contributed by atoms with Crippen molar-refractivity contribution in [3.8, 4) is 5.75 Å². The second kappa shape index (κ2) is 9.75. The molecule has 2 atom stereocenters. The monoisotopic (exact) mass is 459 g/mol. The summed E-state index contributed by atoms with van der Waals surface area (Å²) in [6.45, 7) is 5.30. The summed E-state index contributed by atoms with van der Waals surface area (Å²) in [5.74, 6) is -3.43. The Bertz CT molecular complexity index is 946. The molecule has 0 bridgehead atoms. The molecule has 2 aromatic rings. The molecule has 0 spiro atoms. The lowest BCUT2D eigenvalue weighted by atomic mass is 9.77. The van der Waals surface area contributed by atoms with Crippen molar-refractivity contribution in [2.75, 3.05) is 20.6 Å². The zero-order valence-corrected chi connectivity index (χ0v) is 20.2. The number of halogens is 2. The lowest BCUT2D eigenvalue weighted by Gasteiger charge is -2.32. The Morgan fingerprint density at radius 3 is 2.39 bits per heavy atom. The maximum atomic E-state index is 14.5. The minimum atomic E-state index is -2.87. The van der Waals surface area contributed by atoms with Crippen LogP contribution in [0.5, 0.6) is 5.75 Å². The van der Waals surface area contributed by atoms with Gasteiger partial charge in [0.2, 0.25) is 5.91 Å². The van der Waals surface area contributed by atoms with E-state index in [0.29, 0.717) is 31.4 Å². The maximum absolute atomic E-state index is 14.5. The van der Waals surface area contributed by atoms with Crippen LogP contribution < -0.4 is 5.32 Å². The van der Waals surface area contributed by atoms with Gasteiger partial charge in [-0.25, -0.2) is 8.78 Å². The highest BCUT2D eigenvalue weighted by Gasteiger charge is 2.63. The number of alkyl halides is 2. The van der Waals surface area contributed by atoms with Crippen molar-refractivity contribution in [1.29, 1.82) is 0 Å². The maximum Gasteiger partial charge on any atom is 0.251 e. The van der Waals surface area contributed by atoms with Crippen LogP contribution in [-0.4, -0.2) is 53.5 Å². The van der Waals surface area contributed by atoms with Crippen molar-refractivity contribution in [2.24, 2.45) is 5.41 Å². The number of benzene rings is 1. The number of hydrogen-bond acceptors (Lipinski definition) is 4. The summed E-state index contributed by atoms with van der Waals surface area (Å²) in [6.07, 6.45) is 4.73. The summed E-state index contributed by atoms with van der Waals surface area (Å²) in [5.41, 5.74) is 2.64. The molecular weight excluding hydrogens is 424 g/mol. The van der Waals surface area contributed by atoms with Crippen molar-refractivity contribution in [3.63, 3.8) is 0 Å². The van der Waals surface area contributed by atoms with Crippen LogP contribution in [0.25, 0.3) is 0 Å². The van der Waals surface area contributed by atoms with Crippen molar-refractivity contribution in [1.82, 2.24) is 15.2 Å². The molecule has 1 aromatic carbocycles. The topological polar surface area (TPSA) is 65.5 Å². The smallest absolute Gasteiger partial charge is 0.251 e. The third-order valence-corrected chi connectivity index (χ3v) is 7.19. The Balaban J connectivity index is 1.71. The van der Waals surface area contributed by atoms with Crippen LogP contribution in [0.1, 0.15) is 54.4 Å². The van der Waals surface area contributed by atoms with E-state index < -0.39 is 17.3 Å². The first-order chi connectivity index (χ1) is 15.4. The number of nitrogens with zero attached hydrogens (tertiary/aromatic N) is 2. The molecule has 1 aliphatic carbocycles. The molecular formula is C26H35F2N3O2. The van der Waals surface area contributed by atoms with Gasteiger partial charge >= 0.3 is 0 Å². The number of aryl methyl sites for hydroxylation is 2. The van der Waals surface area contributed by atoms with Crippen LogP contribution in [0.15, 0.2) is 36.7 Å². The van der Waals surface area contributed by atoms with Gasteiger partial charge in [0.05, 0.1) is 0 Å². The average Bonchev–Trinajstić information content (AvgIpc) is 3.53. The first-order valence-electron chi connectivity index (χ1n) is 11.4. The second-order valence-corrected chi connectivity index (χ2v) is 9.77. The van der Waals surface area contributed by atoms with E-state index >= 15 is 0 Å². The summed E-state index contributed by atoms with van der Waals surface area (Å²) in [6, 6.07) is 7.03. The predicted octanol–water partition coefficient (Wildman–Crippen LogP) is 4.60. The molecule has 180 valence electrons. The molecule has 5 nitrogen and oxygen atoms in total. The summed E-state index contributed by atoms with van der Waals surface area (Å²) >= 11 is 0. The molecule has 0 radical (unpaired) electrons. The minimum absolute atomic E-state index is 0.00648. The zero-order valence-electron chi connectivity index (χ0n) is 20.2. The van der Waals surface area contributed by atoms with Crippen LogP contribution in [0.2, 0.25) is 0 Å². The molecule has 0 saturated heterocycles. The number of phenolic OH excluding ortho intramolecular Hbond substituents is 1. The highest BCUT2D eigenvalue weighted by Crippen LogP contribution is 2.65. The van der Waals surface area contributed by atoms with Crippen molar-refractivity contribution < 1.29 is 18.7 Å². The van der Waals surface area contributed by atoms with Crippen molar-refractivity contribution in [3.05, 3.63) is 58.9 Å². The third-order valence-electron chi connectivity index (χ3n) is 7.19. The lowest BCUT2D eigenvalue weighted by molar-refractivity contribution is -0.123. The number of pyridine rings is 1. The fourth-order valence-corrected chi connectivity index (χ4v) is 4.90. The fourth-order valence-electron chi connectivity index (χ4n) is 4.90. The molecule has 0 unspecified atom stereocenters. The largest absolute Gasteiger partial charge is 0.508 e. The zero-order chi connectivity index (χ0) is 24.4. The number of carbonyl (C=O) groups is 1. The molecule has 1 aromatic heterocycles. The Morgan fingerprint density at radius 1 is 1.27 bits per heavy atom. The highest BCUT2D eigenvalue weighted by molar-refractivity contribution is 5.77. The Labute approximate surface area is 195 Å². The number of rotatable bonds is 10. The average molecular weight is 460 g/mol. The molecule has 33 heavy (non-hydrogen) atoms. The number of phenols is 1. The Morgan fingerprint density at radius 2 is 1.91 bits per heavy atom. The van der Waals surface area contributed by atoms with Crippen LogP contribution in [0.3, 0.4) is 0 Å². The van der Waals surface area contributed by atoms with Gasteiger partial charge < -0.3 is 15.3 Å². The Kier molecular flexibility index (Phi) is 7.42. The first kappa shape index (κ1) is 25.1. The standard InChI is InChI=1S/C26H35F2N3O2/c1-17-11-21(32)12-18(2)22(17)13-20(31(4)5)16-30-24(33)14-23(19-7-6-10-29-15-19)26(8-9-26)25(3,27)28/h6-7,10-12,15,20,23,32H,8-9,13-14,16H2,1-5H3,(H,30,33)/t20-,23+/m0/s1. The van der Waals surface area contributed by atoms with E-state index in [1.54, 1.807) is 36.7 Å². The van der Waals surface area contributed by atoms with Gasteiger partial charge in [-0.15, -0.1) is 0 Å². The summed E-state index contributed by atoms with van der Waals surface area (Å²) in [7, 11) is 3.91. The van der Waals surface area contributed by atoms with Gasteiger partial charge in [0.25, 0.3) is 5.92 Å². The van der Waals surface area contributed by atoms with E-state index in [9.17, 15) is 18.7 Å². The minimum Gasteiger partial charge on any atom is -0.508 e. The van der Waals surface area contributed by atoms with Gasteiger partial charge in [0, 0.05) is 42.7 Å². The van der Waals surface area contributed by atoms with Gasteiger partial charge in [0.1, 0.15) is 5.75 Å². The van der Waals surface area contributed by atoms with Crippen LogP contribution in [-0.2, 0) is 11.2 Å². The number of nitrogens with one attached hydrogen (secondary N) is 1. The Hall–Kier alpha value is -2.54. The van der Waals surface area contributed by atoms with Gasteiger partial charge in [-0.2, -0.15) is 0 Å². The van der Waals surface area contributed by atoms with E-state index in [2.05, 4.69) is 10.3 Å². The number of aromatic nitrogens is 1. The van der Waals surface area contributed by atoms with Gasteiger partial charge in [-0.3, -0.25) is 9.78 Å². The number of likely N-dealkylation sites (N-methyl/N-ethyl adjacent to an activating group) is 1. The molecule has 1 fully saturated rings. The molecule has 2 N–H and O–H groups in total. The molecule has 1 heterocycles. The van der Waals surface area contributed by atoms with Gasteiger partial charge in [0.15, 0.2) is 0 Å². The predicted molar refractivity (Wildman–Crippen MR) is 126 cm³/mol. The number of hydrogen-bond donors (Lipinski definition) is 2. The molecule has 7 heteroatoms. The molecule has 3 rings (SSSR count). The van der Waals surface area contributed by atoms with Gasteiger partial charge in [-0.1, -0.05) is 6.07 Å². The van der Waals surface area contributed by atoms with Gasteiger partial charge in [-0.05, 0) is 94.6 Å². The van der Waals surface area contributed by atoms with E-state index in [4.69, 9.17) is 0 Å². The van der Waals surface area contributed by atoms with Crippen LogP contribution in [0, 0.1) is 19.3 Å². The summed E-state index contributed by atoms with van der Waals surface area (Å²) in [5, 5.41) is 12.8. The molecule has 0 aliphatic heterocycles. The van der Waals surface area contributed by atoms with Crippen LogP contribution in [0.4, 0.5) is 8.78 Å². The normalized spacial score (nSPS) is 17.0. The number of carbonyl (C=O) groups excluding carboxylic acids is 1. The molecule has 1 amide bonds. The number of amides is 1. The van der Waals surface area contributed by atoms with Crippen molar-refractivity contribution >= 4 is 5.91 Å². The van der Waals surface area contributed by atoms with E-state index in [1.807, 2.05) is 32.8 Å². The second-order valence-electron chi connectivity index (χ2n) is 9.77. The lowest BCUT2D eigenvalue weighted by Crippen LogP contribution is -2.43. The van der Waals surface area contributed by atoms with E-state index in [-0.39, 0.29) is 24.1 Å². The quantitative estimate of drug-likeness (QED) is 0.545. The molecule has 1 aliphatic rings. The highest BCUT2D eigenvalue weighted by atomic mass is 19.3. The van der Waals surface area contributed by atoms with E-state index in [1.165, 1.54) is 0 Å².